The Morgan fingerprint density at radius 3 is 3.29 bits per heavy atom. The molecule has 2 rings (SSSR count). The number of aliphatic hydroxyl groups is 1. The number of ether oxygens (including phenoxy) is 1. The highest BCUT2D eigenvalue weighted by Crippen LogP contribution is 2.16. The van der Waals surface area contributed by atoms with E-state index < -0.39 is 0 Å². The SMILES string of the molecule is CCCc1nc(CN2CCOCC2CO)cs1. The van der Waals surface area contributed by atoms with Crippen molar-refractivity contribution in [3.63, 3.8) is 0 Å². The minimum absolute atomic E-state index is 0.125. The van der Waals surface area contributed by atoms with E-state index in [9.17, 15) is 5.11 Å². The summed E-state index contributed by atoms with van der Waals surface area (Å²) in [6.45, 7) is 5.42. The summed E-state index contributed by atoms with van der Waals surface area (Å²) in [5, 5.41) is 12.6. The van der Waals surface area contributed by atoms with E-state index in [1.165, 1.54) is 5.01 Å². The van der Waals surface area contributed by atoms with Gasteiger partial charge in [-0.05, 0) is 12.8 Å². The smallest absolute Gasteiger partial charge is 0.0928 e. The lowest BCUT2D eigenvalue weighted by atomic mass is 10.2. The van der Waals surface area contributed by atoms with Crippen LogP contribution < -0.4 is 0 Å². The van der Waals surface area contributed by atoms with Crippen LogP contribution in [0.2, 0.25) is 0 Å². The van der Waals surface area contributed by atoms with E-state index in [-0.39, 0.29) is 12.6 Å². The minimum Gasteiger partial charge on any atom is -0.395 e. The molecule has 1 fully saturated rings. The molecule has 4 nitrogen and oxygen atoms in total. The Balaban J connectivity index is 1.93. The van der Waals surface area contributed by atoms with Gasteiger partial charge in [0.2, 0.25) is 0 Å². The van der Waals surface area contributed by atoms with E-state index in [2.05, 4.69) is 22.2 Å². The van der Waals surface area contributed by atoms with Gasteiger partial charge >= 0.3 is 0 Å². The first-order valence-electron chi connectivity index (χ1n) is 6.19. The van der Waals surface area contributed by atoms with Crippen LogP contribution in [-0.2, 0) is 17.7 Å². The monoisotopic (exact) mass is 256 g/mol. The third kappa shape index (κ3) is 3.48. The molecule has 0 bridgehead atoms. The van der Waals surface area contributed by atoms with Crippen LogP contribution in [0.15, 0.2) is 5.38 Å². The maximum atomic E-state index is 9.29. The van der Waals surface area contributed by atoms with Crippen molar-refractivity contribution in [3.8, 4) is 0 Å². The quantitative estimate of drug-likeness (QED) is 0.862. The lowest BCUT2D eigenvalue weighted by molar-refractivity contribution is -0.0316. The van der Waals surface area contributed by atoms with Gasteiger partial charge in [0, 0.05) is 18.5 Å². The summed E-state index contributed by atoms with van der Waals surface area (Å²) < 4.78 is 5.37. The summed E-state index contributed by atoms with van der Waals surface area (Å²) in [6, 6.07) is 0.125. The summed E-state index contributed by atoms with van der Waals surface area (Å²) in [4.78, 5) is 6.88. The zero-order valence-electron chi connectivity index (χ0n) is 10.3. The first kappa shape index (κ1) is 13.0. The highest BCUT2D eigenvalue weighted by atomic mass is 32.1. The molecule has 1 aromatic rings. The molecule has 5 heteroatoms. The topological polar surface area (TPSA) is 45.6 Å². The Hall–Kier alpha value is -0.490. The fraction of sp³-hybridized carbons (Fsp3) is 0.750. The number of hydrogen-bond acceptors (Lipinski definition) is 5. The molecule has 0 aromatic carbocycles. The first-order chi connectivity index (χ1) is 8.33. The molecule has 1 saturated heterocycles. The van der Waals surface area contributed by atoms with E-state index in [1.807, 2.05) is 0 Å². The first-order valence-corrected chi connectivity index (χ1v) is 7.07. The molecule has 0 radical (unpaired) electrons. The standard InChI is InChI=1S/C12H20N2O2S/c1-2-3-12-13-10(9-17-12)6-14-4-5-16-8-11(14)7-15/h9,11,15H,2-8H2,1H3. The number of aliphatic hydroxyl groups excluding tert-OH is 1. The van der Waals surface area contributed by atoms with E-state index in [0.717, 1.165) is 38.2 Å². The van der Waals surface area contributed by atoms with Gasteiger partial charge in [0.15, 0.2) is 0 Å². The summed E-state index contributed by atoms with van der Waals surface area (Å²) >= 11 is 1.74. The van der Waals surface area contributed by atoms with Crippen LogP contribution in [0.4, 0.5) is 0 Å². The Kier molecular flexibility index (Phi) is 4.91. The normalized spacial score (nSPS) is 21.9. The molecule has 1 atom stereocenters. The summed E-state index contributed by atoms with van der Waals surface area (Å²) in [5.74, 6) is 0. The summed E-state index contributed by atoms with van der Waals surface area (Å²) in [5.41, 5.74) is 1.12. The summed E-state index contributed by atoms with van der Waals surface area (Å²) in [7, 11) is 0. The van der Waals surface area contributed by atoms with Crippen LogP contribution in [0, 0.1) is 0 Å². The number of thiazole rings is 1. The van der Waals surface area contributed by atoms with Gasteiger partial charge in [-0.2, -0.15) is 0 Å². The van der Waals surface area contributed by atoms with E-state index in [4.69, 9.17) is 4.74 Å². The van der Waals surface area contributed by atoms with Crippen LogP contribution in [-0.4, -0.2) is 47.4 Å². The van der Waals surface area contributed by atoms with E-state index in [1.54, 1.807) is 11.3 Å². The minimum atomic E-state index is 0.125. The molecule has 96 valence electrons. The van der Waals surface area contributed by atoms with Crippen molar-refractivity contribution < 1.29 is 9.84 Å². The molecule has 0 spiro atoms. The van der Waals surface area contributed by atoms with Gasteiger partial charge in [0.25, 0.3) is 0 Å². The van der Waals surface area contributed by atoms with Gasteiger partial charge in [-0.3, -0.25) is 4.90 Å². The van der Waals surface area contributed by atoms with Crippen LogP contribution in [0.3, 0.4) is 0 Å². The Bertz CT molecular complexity index is 343. The fourth-order valence-corrected chi connectivity index (χ4v) is 2.92. The van der Waals surface area contributed by atoms with E-state index in [0.29, 0.717) is 6.61 Å². The number of rotatable bonds is 5. The van der Waals surface area contributed by atoms with Gasteiger partial charge in [-0.1, -0.05) is 6.92 Å². The largest absolute Gasteiger partial charge is 0.395 e. The van der Waals surface area contributed by atoms with Gasteiger partial charge in [0.05, 0.1) is 36.6 Å². The third-order valence-corrected chi connectivity index (χ3v) is 3.95. The molecule has 0 saturated carbocycles. The van der Waals surface area contributed by atoms with Gasteiger partial charge in [-0.15, -0.1) is 11.3 Å². The van der Waals surface area contributed by atoms with Crippen LogP contribution in [0.5, 0.6) is 0 Å². The summed E-state index contributed by atoms with van der Waals surface area (Å²) in [6.07, 6.45) is 2.21. The van der Waals surface area contributed by atoms with Crippen molar-refractivity contribution in [3.05, 3.63) is 16.1 Å². The van der Waals surface area contributed by atoms with Gasteiger partial charge in [-0.25, -0.2) is 4.98 Å². The van der Waals surface area contributed by atoms with Gasteiger partial charge < -0.3 is 9.84 Å². The average Bonchev–Trinajstić information content (AvgIpc) is 2.78. The fourth-order valence-electron chi connectivity index (χ4n) is 2.02. The highest BCUT2D eigenvalue weighted by molar-refractivity contribution is 7.09. The maximum absolute atomic E-state index is 9.29. The Morgan fingerprint density at radius 2 is 2.53 bits per heavy atom. The van der Waals surface area contributed by atoms with Crippen LogP contribution in [0.1, 0.15) is 24.0 Å². The number of hydrogen-bond donors (Lipinski definition) is 1. The number of aryl methyl sites for hydroxylation is 1. The molecule has 1 aliphatic heterocycles. The molecular weight excluding hydrogens is 236 g/mol. The number of aromatic nitrogens is 1. The molecule has 1 aliphatic rings. The van der Waals surface area contributed by atoms with Crippen molar-refractivity contribution in [2.75, 3.05) is 26.4 Å². The molecule has 1 N–H and O–H groups in total. The van der Waals surface area contributed by atoms with Gasteiger partial charge in [0.1, 0.15) is 0 Å². The molecule has 17 heavy (non-hydrogen) atoms. The molecular formula is C12H20N2O2S. The maximum Gasteiger partial charge on any atom is 0.0928 e. The van der Waals surface area contributed by atoms with Crippen LogP contribution >= 0.6 is 11.3 Å². The predicted octanol–water partition coefficient (Wildman–Crippen LogP) is 1.29. The molecule has 1 unspecified atom stereocenters. The number of nitrogens with zero attached hydrogens (tertiary/aromatic N) is 2. The van der Waals surface area contributed by atoms with Crippen molar-refractivity contribution in [1.29, 1.82) is 0 Å². The second kappa shape index (κ2) is 6.44. The number of morpholine rings is 1. The Morgan fingerprint density at radius 1 is 1.65 bits per heavy atom. The lowest BCUT2D eigenvalue weighted by Crippen LogP contribution is -2.46. The predicted molar refractivity (Wildman–Crippen MR) is 68.2 cm³/mol. The Labute approximate surface area is 106 Å². The second-order valence-electron chi connectivity index (χ2n) is 4.36. The van der Waals surface area contributed by atoms with Crippen LogP contribution in [0.25, 0.3) is 0 Å². The zero-order chi connectivity index (χ0) is 12.1. The van der Waals surface area contributed by atoms with E-state index >= 15 is 0 Å². The van der Waals surface area contributed by atoms with Crippen molar-refractivity contribution in [2.45, 2.75) is 32.4 Å². The lowest BCUT2D eigenvalue weighted by Gasteiger charge is -2.33. The molecule has 0 aliphatic carbocycles. The second-order valence-corrected chi connectivity index (χ2v) is 5.31. The van der Waals surface area contributed by atoms with Crippen molar-refractivity contribution >= 4 is 11.3 Å². The van der Waals surface area contributed by atoms with Crippen molar-refractivity contribution in [1.82, 2.24) is 9.88 Å². The van der Waals surface area contributed by atoms with Crippen molar-refractivity contribution in [2.24, 2.45) is 0 Å². The average molecular weight is 256 g/mol. The molecule has 0 amide bonds. The zero-order valence-corrected chi connectivity index (χ0v) is 11.1. The molecule has 1 aromatic heterocycles. The molecule has 2 heterocycles. The third-order valence-electron chi connectivity index (χ3n) is 2.99. The highest BCUT2D eigenvalue weighted by Gasteiger charge is 2.22.